The molecule has 4 nitrogen and oxygen atoms in total. The van der Waals surface area contributed by atoms with Gasteiger partial charge in [0.15, 0.2) is 5.82 Å². The van der Waals surface area contributed by atoms with Crippen LogP contribution in [0.1, 0.15) is 26.1 Å². The van der Waals surface area contributed by atoms with Crippen molar-refractivity contribution in [1.82, 2.24) is 9.97 Å². The third-order valence-electron chi connectivity index (χ3n) is 1.85. The minimum Gasteiger partial charge on any atom is -0.382 e. The van der Waals surface area contributed by atoms with Crippen LogP contribution in [0.15, 0.2) is 0 Å². The minimum absolute atomic E-state index is 0.412. The number of nitrogens with zero attached hydrogens (tertiary/aromatic N) is 1. The Labute approximate surface area is 72.6 Å². The Bertz CT molecular complexity index is 254. The maximum Gasteiger partial charge on any atom is 0.168 e. The van der Waals surface area contributed by atoms with Crippen LogP contribution in [0, 0.1) is 6.92 Å². The lowest BCUT2D eigenvalue weighted by Gasteiger charge is -2.10. The molecule has 1 unspecified atom stereocenters. The van der Waals surface area contributed by atoms with E-state index in [1.54, 1.807) is 0 Å². The first-order valence-corrected chi connectivity index (χ1v) is 4.22. The molecule has 0 spiro atoms. The number of aromatic nitrogens is 2. The summed E-state index contributed by atoms with van der Waals surface area (Å²) in [4.78, 5) is 7.15. The minimum atomic E-state index is 0.412. The first kappa shape index (κ1) is 8.90. The highest BCUT2D eigenvalue weighted by atomic mass is 15.1. The Morgan fingerprint density at radius 2 is 2.33 bits per heavy atom. The summed E-state index contributed by atoms with van der Waals surface area (Å²) in [6.07, 6.45) is 1.06. The molecule has 0 aliphatic rings. The van der Waals surface area contributed by atoms with Crippen LogP contribution in [-0.2, 0) is 0 Å². The zero-order chi connectivity index (χ0) is 9.14. The van der Waals surface area contributed by atoms with Crippen molar-refractivity contribution in [3.63, 3.8) is 0 Å². The molecule has 0 radical (unpaired) electrons. The van der Waals surface area contributed by atoms with Gasteiger partial charge in [-0.15, -0.1) is 0 Å². The molecule has 1 aromatic heterocycles. The van der Waals surface area contributed by atoms with Crippen molar-refractivity contribution in [2.24, 2.45) is 0 Å². The van der Waals surface area contributed by atoms with E-state index in [1.165, 1.54) is 0 Å². The van der Waals surface area contributed by atoms with Gasteiger partial charge in [0.25, 0.3) is 0 Å². The van der Waals surface area contributed by atoms with Gasteiger partial charge in [-0.2, -0.15) is 0 Å². The molecule has 68 valence electrons. The Morgan fingerprint density at radius 3 is 2.75 bits per heavy atom. The Kier molecular flexibility index (Phi) is 2.58. The Hall–Kier alpha value is -1.19. The van der Waals surface area contributed by atoms with E-state index in [9.17, 15) is 0 Å². The highest BCUT2D eigenvalue weighted by molar-refractivity contribution is 5.57. The van der Waals surface area contributed by atoms with Gasteiger partial charge in [-0.05, 0) is 20.3 Å². The van der Waals surface area contributed by atoms with Crippen LogP contribution in [0.3, 0.4) is 0 Å². The summed E-state index contributed by atoms with van der Waals surface area (Å²) < 4.78 is 0. The van der Waals surface area contributed by atoms with E-state index < -0.39 is 0 Å². The number of aromatic amines is 1. The highest BCUT2D eigenvalue weighted by Crippen LogP contribution is 2.15. The van der Waals surface area contributed by atoms with Gasteiger partial charge in [0.2, 0.25) is 0 Å². The highest BCUT2D eigenvalue weighted by Gasteiger charge is 2.06. The lowest BCUT2D eigenvalue weighted by molar-refractivity contribution is 0.760. The van der Waals surface area contributed by atoms with Gasteiger partial charge in [0.05, 0.1) is 0 Å². The van der Waals surface area contributed by atoms with Crippen molar-refractivity contribution in [3.8, 4) is 0 Å². The average Bonchev–Trinajstić information content (AvgIpc) is 2.30. The second-order valence-corrected chi connectivity index (χ2v) is 3.04. The average molecular weight is 168 g/mol. The summed E-state index contributed by atoms with van der Waals surface area (Å²) in [7, 11) is 0. The standard InChI is InChI=1S/C8H16N4/c1-4-5(2)10-8-7(9)11-6(3)12-8/h5,10H,4,9H2,1-3H3,(H,11,12). The summed E-state index contributed by atoms with van der Waals surface area (Å²) >= 11 is 0. The smallest absolute Gasteiger partial charge is 0.168 e. The van der Waals surface area contributed by atoms with Crippen LogP contribution in [-0.4, -0.2) is 16.0 Å². The van der Waals surface area contributed by atoms with Crippen molar-refractivity contribution in [2.75, 3.05) is 11.1 Å². The van der Waals surface area contributed by atoms with Crippen LogP contribution >= 0.6 is 0 Å². The van der Waals surface area contributed by atoms with Gasteiger partial charge >= 0.3 is 0 Å². The molecule has 0 aliphatic carbocycles. The van der Waals surface area contributed by atoms with Crippen molar-refractivity contribution in [3.05, 3.63) is 5.82 Å². The topological polar surface area (TPSA) is 66.7 Å². The fourth-order valence-electron chi connectivity index (χ4n) is 0.955. The maximum atomic E-state index is 5.66. The van der Waals surface area contributed by atoms with Crippen LogP contribution in [0.5, 0.6) is 0 Å². The number of anilines is 2. The zero-order valence-electron chi connectivity index (χ0n) is 7.81. The van der Waals surface area contributed by atoms with Crippen LogP contribution in [0.25, 0.3) is 0 Å². The van der Waals surface area contributed by atoms with Crippen molar-refractivity contribution in [1.29, 1.82) is 0 Å². The molecule has 0 saturated carbocycles. The van der Waals surface area contributed by atoms with Crippen molar-refractivity contribution < 1.29 is 0 Å². The normalized spacial score (nSPS) is 12.9. The fourth-order valence-corrected chi connectivity index (χ4v) is 0.955. The third-order valence-corrected chi connectivity index (χ3v) is 1.85. The molecule has 1 aromatic rings. The predicted molar refractivity (Wildman–Crippen MR) is 51.1 cm³/mol. The number of aryl methyl sites for hydroxylation is 1. The Morgan fingerprint density at radius 1 is 1.67 bits per heavy atom. The molecule has 0 saturated heterocycles. The molecule has 0 aliphatic heterocycles. The van der Waals surface area contributed by atoms with Gasteiger partial charge in [-0.1, -0.05) is 6.92 Å². The molecular weight excluding hydrogens is 152 g/mol. The summed E-state index contributed by atoms with van der Waals surface area (Å²) in [6.45, 7) is 6.11. The number of nitrogen functional groups attached to an aromatic ring is 1. The van der Waals surface area contributed by atoms with Gasteiger partial charge in [0.1, 0.15) is 11.6 Å². The second kappa shape index (κ2) is 3.47. The van der Waals surface area contributed by atoms with E-state index in [1.807, 2.05) is 6.92 Å². The number of hydrogen-bond donors (Lipinski definition) is 3. The first-order valence-electron chi connectivity index (χ1n) is 4.22. The van der Waals surface area contributed by atoms with Gasteiger partial charge in [0, 0.05) is 6.04 Å². The maximum absolute atomic E-state index is 5.66. The van der Waals surface area contributed by atoms with E-state index in [0.29, 0.717) is 11.9 Å². The van der Waals surface area contributed by atoms with E-state index in [0.717, 1.165) is 18.1 Å². The Balaban J connectivity index is 2.68. The summed E-state index contributed by atoms with van der Waals surface area (Å²) in [5.74, 6) is 2.23. The molecule has 0 amide bonds. The van der Waals surface area contributed by atoms with Crippen LogP contribution in [0.4, 0.5) is 11.6 Å². The lowest BCUT2D eigenvalue weighted by Crippen LogP contribution is -2.14. The molecule has 0 fully saturated rings. The summed E-state index contributed by atoms with van der Waals surface area (Å²) in [5.41, 5.74) is 5.66. The summed E-state index contributed by atoms with van der Waals surface area (Å²) in [6, 6.07) is 0.412. The van der Waals surface area contributed by atoms with Gasteiger partial charge in [-0.25, -0.2) is 4.98 Å². The predicted octanol–water partition coefficient (Wildman–Crippen LogP) is 1.51. The van der Waals surface area contributed by atoms with Crippen molar-refractivity contribution >= 4 is 11.6 Å². The third kappa shape index (κ3) is 1.90. The van der Waals surface area contributed by atoms with Gasteiger partial charge in [-0.3, -0.25) is 0 Å². The number of rotatable bonds is 3. The van der Waals surface area contributed by atoms with Gasteiger partial charge < -0.3 is 16.0 Å². The number of hydrogen-bond acceptors (Lipinski definition) is 3. The number of nitrogens with one attached hydrogen (secondary N) is 2. The zero-order valence-corrected chi connectivity index (χ0v) is 7.81. The monoisotopic (exact) mass is 168 g/mol. The molecule has 12 heavy (non-hydrogen) atoms. The molecule has 0 bridgehead atoms. The number of H-pyrrole nitrogens is 1. The quantitative estimate of drug-likeness (QED) is 0.641. The van der Waals surface area contributed by atoms with Crippen LogP contribution in [0.2, 0.25) is 0 Å². The molecule has 1 heterocycles. The van der Waals surface area contributed by atoms with E-state index >= 15 is 0 Å². The fraction of sp³-hybridized carbons (Fsp3) is 0.625. The second-order valence-electron chi connectivity index (χ2n) is 3.04. The van der Waals surface area contributed by atoms with E-state index in [2.05, 4.69) is 29.1 Å². The SMILES string of the molecule is CCC(C)Nc1nc(C)[nH]c1N. The number of imidazole rings is 1. The molecular formula is C8H16N4. The van der Waals surface area contributed by atoms with Crippen molar-refractivity contribution in [2.45, 2.75) is 33.2 Å². The van der Waals surface area contributed by atoms with E-state index in [-0.39, 0.29) is 0 Å². The molecule has 4 N–H and O–H groups in total. The largest absolute Gasteiger partial charge is 0.382 e. The molecule has 4 heteroatoms. The number of nitrogens with two attached hydrogens (primary N) is 1. The molecule has 1 atom stereocenters. The molecule has 1 rings (SSSR count). The van der Waals surface area contributed by atoms with Crippen LogP contribution < -0.4 is 11.1 Å². The first-order chi connectivity index (χ1) is 5.63. The summed E-state index contributed by atoms with van der Waals surface area (Å²) in [5, 5.41) is 3.21. The van der Waals surface area contributed by atoms with E-state index in [4.69, 9.17) is 5.73 Å². The lowest BCUT2D eigenvalue weighted by atomic mass is 10.3. The molecule has 0 aromatic carbocycles.